The Morgan fingerprint density at radius 3 is 2.00 bits per heavy atom. The van der Waals surface area contributed by atoms with Crippen LogP contribution >= 0.6 is 0 Å². The van der Waals surface area contributed by atoms with E-state index in [2.05, 4.69) is 0 Å². The smallest absolute Gasteiger partial charge is 0.264 e. The molecule has 3 aromatic rings. The lowest BCUT2D eigenvalue weighted by atomic mass is 10.1. The van der Waals surface area contributed by atoms with Crippen molar-refractivity contribution < 1.29 is 17.9 Å². The third kappa shape index (κ3) is 4.72. The van der Waals surface area contributed by atoms with E-state index < -0.39 is 10.0 Å². The average molecular weight is 439 g/mol. The summed E-state index contributed by atoms with van der Waals surface area (Å²) in [5, 5.41) is 0. The highest BCUT2D eigenvalue weighted by Gasteiger charge is 2.23. The summed E-state index contributed by atoms with van der Waals surface area (Å²) in [6, 6.07) is 22.3. The molecule has 7 heteroatoms. The summed E-state index contributed by atoms with van der Waals surface area (Å²) in [6.07, 6.45) is 0. The van der Waals surface area contributed by atoms with Gasteiger partial charge in [-0.15, -0.1) is 0 Å². The second-order valence-corrected chi connectivity index (χ2v) is 9.17. The molecule has 31 heavy (non-hydrogen) atoms. The van der Waals surface area contributed by atoms with E-state index in [-0.39, 0.29) is 16.8 Å². The summed E-state index contributed by atoms with van der Waals surface area (Å²) in [5.41, 5.74) is 1.96. The van der Waals surface area contributed by atoms with Gasteiger partial charge >= 0.3 is 0 Å². The van der Waals surface area contributed by atoms with Gasteiger partial charge in [-0.25, -0.2) is 8.42 Å². The SMILES string of the molecule is COc1ccc(C(C)N(C)C(=O)c2ccc(S(=O)(=O)N(C)c3ccccc3)cc2)cc1. The van der Waals surface area contributed by atoms with Gasteiger partial charge in [-0.2, -0.15) is 0 Å². The molecule has 1 amide bonds. The highest BCUT2D eigenvalue weighted by Crippen LogP contribution is 2.25. The minimum atomic E-state index is -3.72. The first-order chi connectivity index (χ1) is 14.8. The number of amides is 1. The van der Waals surface area contributed by atoms with E-state index in [1.807, 2.05) is 37.3 Å². The zero-order valence-corrected chi connectivity index (χ0v) is 18.8. The van der Waals surface area contributed by atoms with Gasteiger partial charge in [0, 0.05) is 19.7 Å². The number of para-hydroxylation sites is 1. The van der Waals surface area contributed by atoms with Crippen LogP contribution in [0.2, 0.25) is 0 Å². The molecule has 3 rings (SSSR count). The Hall–Kier alpha value is -3.32. The Morgan fingerprint density at radius 2 is 1.45 bits per heavy atom. The predicted octanol–water partition coefficient (Wildman–Crippen LogP) is 4.35. The Bertz CT molecular complexity index is 1130. The van der Waals surface area contributed by atoms with E-state index in [0.29, 0.717) is 11.3 Å². The molecule has 1 atom stereocenters. The molecule has 0 saturated heterocycles. The monoisotopic (exact) mass is 438 g/mol. The van der Waals surface area contributed by atoms with Gasteiger partial charge in [0.2, 0.25) is 0 Å². The van der Waals surface area contributed by atoms with Crippen LogP contribution in [0.5, 0.6) is 5.75 Å². The molecule has 0 aromatic heterocycles. The molecule has 0 saturated carbocycles. The number of methoxy groups -OCH3 is 1. The maximum atomic E-state index is 12.9. The predicted molar refractivity (Wildman–Crippen MR) is 122 cm³/mol. The number of nitrogens with zero attached hydrogens (tertiary/aromatic N) is 2. The summed E-state index contributed by atoms with van der Waals surface area (Å²) >= 11 is 0. The number of sulfonamides is 1. The number of hydrogen-bond donors (Lipinski definition) is 0. The number of carbonyl (C=O) groups is 1. The molecule has 0 aliphatic rings. The third-order valence-corrected chi connectivity index (χ3v) is 7.18. The standard InChI is InChI=1S/C24H26N2O4S/c1-18(19-10-14-22(30-4)15-11-19)25(2)24(27)20-12-16-23(17-13-20)31(28,29)26(3)21-8-6-5-7-9-21/h5-18H,1-4H3. The van der Waals surface area contributed by atoms with E-state index in [1.54, 1.807) is 55.5 Å². The lowest BCUT2D eigenvalue weighted by Gasteiger charge is -2.26. The number of rotatable bonds is 7. The summed E-state index contributed by atoms with van der Waals surface area (Å²) in [5.74, 6) is 0.561. The van der Waals surface area contributed by atoms with E-state index in [0.717, 1.165) is 11.3 Å². The van der Waals surface area contributed by atoms with E-state index in [9.17, 15) is 13.2 Å². The van der Waals surface area contributed by atoms with Crippen molar-refractivity contribution in [1.29, 1.82) is 0 Å². The molecule has 3 aromatic carbocycles. The quantitative estimate of drug-likeness (QED) is 0.550. The molecule has 0 radical (unpaired) electrons. The summed E-state index contributed by atoms with van der Waals surface area (Å²) in [4.78, 5) is 14.7. The van der Waals surface area contributed by atoms with Crippen molar-refractivity contribution in [2.24, 2.45) is 0 Å². The normalized spacial score (nSPS) is 12.1. The van der Waals surface area contributed by atoms with Crippen LogP contribution in [0.25, 0.3) is 0 Å². The van der Waals surface area contributed by atoms with E-state index in [4.69, 9.17) is 4.74 Å². The fourth-order valence-electron chi connectivity index (χ4n) is 3.19. The Kier molecular flexibility index (Phi) is 6.65. The van der Waals surface area contributed by atoms with Crippen LogP contribution in [-0.2, 0) is 10.0 Å². The van der Waals surface area contributed by atoms with Crippen LogP contribution < -0.4 is 9.04 Å². The van der Waals surface area contributed by atoms with Crippen molar-refractivity contribution >= 4 is 21.6 Å². The first-order valence-electron chi connectivity index (χ1n) is 9.81. The highest BCUT2D eigenvalue weighted by molar-refractivity contribution is 7.92. The third-order valence-electron chi connectivity index (χ3n) is 5.38. The first kappa shape index (κ1) is 22.4. The van der Waals surface area contributed by atoms with Crippen molar-refractivity contribution in [2.45, 2.75) is 17.9 Å². The van der Waals surface area contributed by atoms with Crippen LogP contribution in [0.4, 0.5) is 5.69 Å². The first-order valence-corrected chi connectivity index (χ1v) is 11.2. The number of benzene rings is 3. The topological polar surface area (TPSA) is 66.9 Å². The van der Waals surface area contributed by atoms with Crippen molar-refractivity contribution in [3.8, 4) is 5.75 Å². The van der Waals surface area contributed by atoms with Gasteiger partial charge in [0.05, 0.1) is 23.7 Å². The molecule has 1 unspecified atom stereocenters. The molecule has 0 bridgehead atoms. The van der Waals surface area contributed by atoms with Crippen molar-refractivity contribution in [3.63, 3.8) is 0 Å². The molecule has 0 spiro atoms. The second kappa shape index (κ2) is 9.22. The molecule has 0 N–H and O–H groups in total. The summed E-state index contributed by atoms with van der Waals surface area (Å²) < 4.78 is 32.2. The Morgan fingerprint density at radius 1 is 0.871 bits per heavy atom. The molecule has 0 aliphatic heterocycles. The van der Waals surface area contributed by atoms with Gasteiger partial charge in [0.25, 0.3) is 15.9 Å². The van der Waals surface area contributed by atoms with Crippen LogP contribution in [-0.4, -0.2) is 40.4 Å². The van der Waals surface area contributed by atoms with Crippen molar-refractivity contribution in [3.05, 3.63) is 90.0 Å². The summed E-state index contributed by atoms with van der Waals surface area (Å²) in [6.45, 7) is 1.94. The van der Waals surface area contributed by atoms with E-state index >= 15 is 0 Å². The van der Waals surface area contributed by atoms with Crippen molar-refractivity contribution in [2.75, 3.05) is 25.5 Å². The number of carbonyl (C=O) groups excluding carboxylic acids is 1. The van der Waals surface area contributed by atoms with Crippen molar-refractivity contribution in [1.82, 2.24) is 4.90 Å². The average Bonchev–Trinajstić information content (AvgIpc) is 2.82. The Balaban J connectivity index is 1.77. The van der Waals surface area contributed by atoms with Gasteiger partial charge < -0.3 is 9.64 Å². The molecule has 162 valence electrons. The van der Waals surface area contributed by atoms with Crippen LogP contribution in [0.15, 0.2) is 83.8 Å². The number of hydrogen-bond acceptors (Lipinski definition) is 4. The maximum Gasteiger partial charge on any atom is 0.264 e. The van der Waals surface area contributed by atoms with Gasteiger partial charge in [0.15, 0.2) is 0 Å². The zero-order chi connectivity index (χ0) is 22.6. The molecular formula is C24H26N2O4S. The maximum absolute atomic E-state index is 12.9. The molecule has 6 nitrogen and oxygen atoms in total. The minimum Gasteiger partial charge on any atom is -0.497 e. The zero-order valence-electron chi connectivity index (χ0n) is 18.0. The lowest BCUT2D eigenvalue weighted by Crippen LogP contribution is -2.30. The largest absolute Gasteiger partial charge is 0.497 e. The van der Waals surface area contributed by atoms with Gasteiger partial charge in [-0.3, -0.25) is 9.10 Å². The van der Waals surface area contributed by atoms with Gasteiger partial charge in [-0.1, -0.05) is 30.3 Å². The fourth-order valence-corrected chi connectivity index (χ4v) is 4.39. The van der Waals surface area contributed by atoms with Crippen LogP contribution in [0.1, 0.15) is 28.9 Å². The van der Waals surface area contributed by atoms with Crippen LogP contribution in [0, 0.1) is 0 Å². The van der Waals surface area contributed by atoms with Gasteiger partial charge in [-0.05, 0) is 61.0 Å². The lowest BCUT2D eigenvalue weighted by molar-refractivity contribution is 0.0742. The number of ether oxygens (including phenoxy) is 1. The second-order valence-electron chi connectivity index (χ2n) is 7.20. The molecular weight excluding hydrogens is 412 g/mol. The molecule has 0 heterocycles. The van der Waals surface area contributed by atoms with E-state index in [1.165, 1.54) is 23.5 Å². The molecule has 0 fully saturated rings. The van der Waals surface area contributed by atoms with Gasteiger partial charge in [0.1, 0.15) is 5.75 Å². The highest BCUT2D eigenvalue weighted by atomic mass is 32.2. The fraction of sp³-hybridized carbons (Fsp3) is 0.208. The number of anilines is 1. The summed E-state index contributed by atoms with van der Waals surface area (Å²) in [7, 11) is 1.12. The van der Waals surface area contributed by atoms with Crippen LogP contribution in [0.3, 0.4) is 0 Å². The minimum absolute atomic E-state index is 0.126. The Labute approximate surface area is 183 Å². The molecule has 0 aliphatic carbocycles.